The number of rotatable bonds is 4. The van der Waals surface area contributed by atoms with Crippen molar-refractivity contribution in [2.45, 2.75) is 24.8 Å². The van der Waals surface area contributed by atoms with Gasteiger partial charge in [0, 0.05) is 16.3 Å². The second-order valence-electron chi connectivity index (χ2n) is 6.89. The first-order valence-corrected chi connectivity index (χ1v) is 10.5. The van der Waals surface area contributed by atoms with Gasteiger partial charge in [0.15, 0.2) is 17.2 Å². The molecule has 0 bridgehead atoms. The van der Waals surface area contributed by atoms with E-state index < -0.39 is 0 Å². The molecule has 1 N–H and O–H groups in total. The normalized spacial score (nSPS) is 13.0. The van der Waals surface area contributed by atoms with Crippen LogP contribution in [0.1, 0.15) is 30.4 Å². The van der Waals surface area contributed by atoms with Crippen LogP contribution >= 0.6 is 11.8 Å². The van der Waals surface area contributed by atoms with Crippen LogP contribution in [-0.4, -0.2) is 35.2 Å². The van der Waals surface area contributed by atoms with Crippen LogP contribution in [0.15, 0.2) is 46.1 Å². The number of aromatic nitrogens is 2. The van der Waals surface area contributed by atoms with Crippen LogP contribution in [0.5, 0.6) is 11.5 Å². The molecule has 2 heterocycles. The summed E-state index contributed by atoms with van der Waals surface area (Å²) in [6, 6.07) is 10.5. The first-order chi connectivity index (χ1) is 14.0. The molecule has 29 heavy (non-hydrogen) atoms. The van der Waals surface area contributed by atoms with Crippen molar-refractivity contribution in [1.29, 1.82) is 0 Å². The fraction of sp³-hybridized carbons (Fsp3) is 0.286. The van der Waals surface area contributed by atoms with Crippen LogP contribution in [0, 0.1) is 0 Å². The quantitative estimate of drug-likeness (QED) is 0.659. The van der Waals surface area contributed by atoms with E-state index in [1.807, 2.05) is 26.2 Å². The van der Waals surface area contributed by atoms with E-state index in [1.54, 1.807) is 30.3 Å². The molecule has 1 aromatic heterocycles. The molecule has 4 rings (SSSR count). The summed E-state index contributed by atoms with van der Waals surface area (Å²) in [6.45, 7) is 4.68. The monoisotopic (exact) mass is 411 g/mol. The number of nitrogens with one attached hydrogen (secondary N) is 1. The standard InChI is InChI=1S/C21H21N3O4S/c1-12(2)24-21(26)14-7-5-4-6-13(14)19(23-24)20(25)22-15-10-16-17(11-18(15)29-3)28-9-8-27-16/h4-7,10-12H,8-9H2,1-3H3,(H,22,25). The fourth-order valence-corrected chi connectivity index (χ4v) is 3.80. The first-order valence-electron chi connectivity index (χ1n) is 9.30. The van der Waals surface area contributed by atoms with Crippen LogP contribution in [0.25, 0.3) is 10.8 Å². The lowest BCUT2D eigenvalue weighted by Gasteiger charge is -2.21. The van der Waals surface area contributed by atoms with Crippen LogP contribution in [0.3, 0.4) is 0 Å². The molecule has 3 aromatic rings. The fourth-order valence-electron chi connectivity index (χ4n) is 3.24. The number of ether oxygens (including phenoxy) is 2. The van der Waals surface area contributed by atoms with Gasteiger partial charge >= 0.3 is 0 Å². The molecule has 150 valence electrons. The molecule has 7 nitrogen and oxygen atoms in total. The van der Waals surface area contributed by atoms with E-state index in [9.17, 15) is 9.59 Å². The van der Waals surface area contributed by atoms with Gasteiger partial charge in [0.05, 0.1) is 17.1 Å². The smallest absolute Gasteiger partial charge is 0.276 e. The third-order valence-corrected chi connectivity index (χ3v) is 5.42. The van der Waals surface area contributed by atoms with Gasteiger partial charge in [0.2, 0.25) is 0 Å². The largest absolute Gasteiger partial charge is 0.486 e. The molecule has 0 spiro atoms. The van der Waals surface area contributed by atoms with E-state index in [-0.39, 0.29) is 23.2 Å². The number of nitrogens with zero attached hydrogens (tertiary/aromatic N) is 2. The van der Waals surface area contributed by atoms with Crippen molar-refractivity contribution in [3.8, 4) is 11.5 Å². The van der Waals surface area contributed by atoms with Crippen molar-refractivity contribution in [2.75, 3.05) is 24.8 Å². The zero-order valence-corrected chi connectivity index (χ0v) is 17.2. The van der Waals surface area contributed by atoms with Crippen LogP contribution < -0.4 is 20.3 Å². The Balaban J connectivity index is 1.79. The van der Waals surface area contributed by atoms with E-state index in [1.165, 1.54) is 16.4 Å². The van der Waals surface area contributed by atoms with Gasteiger partial charge < -0.3 is 14.8 Å². The number of carbonyl (C=O) groups excluding carboxylic acids is 1. The minimum Gasteiger partial charge on any atom is -0.486 e. The average Bonchev–Trinajstić information content (AvgIpc) is 2.73. The molecule has 1 aliphatic heterocycles. The third-order valence-electron chi connectivity index (χ3n) is 4.65. The summed E-state index contributed by atoms with van der Waals surface area (Å²) < 4.78 is 12.6. The van der Waals surface area contributed by atoms with Crippen molar-refractivity contribution in [1.82, 2.24) is 9.78 Å². The van der Waals surface area contributed by atoms with Crippen molar-refractivity contribution < 1.29 is 14.3 Å². The Morgan fingerprint density at radius 1 is 1.14 bits per heavy atom. The number of thioether (sulfide) groups is 1. The Labute approximate surface area is 172 Å². The first kappa shape index (κ1) is 19.3. The number of hydrogen-bond acceptors (Lipinski definition) is 6. The van der Waals surface area contributed by atoms with Gasteiger partial charge in [-0.25, -0.2) is 4.68 Å². The molecule has 0 saturated carbocycles. The van der Waals surface area contributed by atoms with Gasteiger partial charge in [0.25, 0.3) is 11.5 Å². The van der Waals surface area contributed by atoms with E-state index >= 15 is 0 Å². The van der Waals surface area contributed by atoms with Crippen molar-refractivity contribution >= 4 is 34.1 Å². The van der Waals surface area contributed by atoms with E-state index in [4.69, 9.17) is 9.47 Å². The predicted octanol–water partition coefficient (Wildman–Crippen LogP) is 3.72. The summed E-state index contributed by atoms with van der Waals surface area (Å²) >= 11 is 1.49. The molecule has 0 atom stereocenters. The van der Waals surface area contributed by atoms with Crippen LogP contribution in [0.4, 0.5) is 5.69 Å². The Hall–Kier alpha value is -3.00. The Bertz CT molecular complexity index is 1160. The summed E-state index contributed by atoms with van der Waals surface area (Å²) in [5.41, 5.74) is 0.604. The second-order valence-corrected chi connectivity index (χ2v) is 7.74. The molecule has 0 saturated heterocycles. The predicted molar refractivity (Wildman–Crippen MR) is 114 cm³/mol. The zero-order valence-electron chi connectivity index (χ0n) is 16.4. The maximum absolute atomic E-state index is 13.2. The highest BCUT2D eigenvalue weighted by atomic mass is 32.2. The molecule has 0 aliphatic carbocycles. The van der Waals surface area contributed by atoms with Gasteiger partial charge in [0.1, 0.15) is 13.2 Å². The van der Waals surface area contributed by atoms with Crippen LogP contribution in [0.2, 0.25) is 0 Å². The van der Waals surface area contributed by atoms with Gasteiger partial charge in [-0.1, -0.05) is 18.2 Å². The molecule has 2 aromatic carbocycles. The van der Waals surface area contributed by atoms with Crippen molar-refractivity contribution in [3.05, 3.63) is 52.4 Å². The Kier molecular flexibility index (Phi) is 5.19. The lowest BCUT2D eigenvalue weighted by molar-refractivity contribution is 0.102. The molecular formula is C21H21N3O4S. The highest BCUT2D eigenvalue weighted by molar-refractivity contribution is 7.98. The number of benzene rings is 2. The van der Waals surface area contributed by atoms with Crippen LogP contribution in [-0.2, 0) is 0 Å². The number of carbonyl (C=O) groups is 1. The molecule has 0 radical (unpaired) electrons. The van der Waals surface area contributed by atoms with Gasteiger partial charge in [-0.15, -0.1) is 11.8 Å². The van der Waals surface area contributed by atoms with Crippen molar-refractivity contribution in [2.24, 2.45) is 0 Å². The molecule has 0 fully saturated rings. The maximum Gasteiger partial charge on any atom is 0.276 e. The van der Waals surface area contributed by atoms with Gasteiger partial charge in [-0.3, -0.25) is 9.59 Å². The lowest BCUT2D eigenvalue weighted by atomic mass is 10.1. The lowest BCUT2D eigenvalue weighted by Crippen LogP contribution is -2.29. The average molecular weight is 411 g/mol. The minimum absolute atomic E-state index is 0.172. The van der Waals surface area contributed by atoms with E-state index in [2.05, 4.69) is 10.4 Å². The topological polar surface area (TPSA) is 82.5 Å². The van der Waals surface area contributed by atoms with Gasteiger partial charge in [-0.05, 0) is 32.2 Å². The molecular weight excluding hydrogens is 390 g/mol. The zero-order chi connectivity index (χ0) is 20.5. The summed E-state index contributed by atoms with van der Waals surface area (Å²) in [4.78, 5) is 26.7. The van der Waals surface area contributed by atoms with E-state index in [0.29, 0.717) is 41.2 Å². The van der Waals surface area contributed by atoms with Crippen molar-refractivity contribution in [3.63, 3.8) is 0 Å². The second kappa shape index (κ2) is 7.79. The third kappa shape index (κ3) is 3.55. The molecule has 1 aliphatic rings. The number of hydrogen-bond donors (Lipinski definition) is 1. The Morgan fingerprint density at radius 2 is 1.79 bits per heavy atom. The Morgan fingerprint density at radius 3 is 2.45 bits per heavy atom. The summed E-state index contributed by atoms with van der Waals surface area (Å²) in [6.07, 6.45) is 1.92. The maximum atomic E-state index is 13.2. The number of anilines is 1. The summed E-state index contributed by atoms with van der Waals surface area (Å²) in [5, 5.41) is 8.29. The highest BCUT2D eigenvalue weighted by Crippen LogP contribution is 2.39. The summed E-state index contributed by atoms with van der Waals surface area (Å²) in [5.74, 6) is 0.868. The van der Waals surface area contributed by atoms with Gasteiger partial charge in [-0.2, -0.15) is 5.10 Å². The molecule has 1 amide bonds. The minimum atomic E-state index is -0.387. The molecule has 8 heteroatoms. The molecule has 0 unspecified atom stereocenters. The highest BCUT2D eigenvalue weighted by Gasteiger charge is 2.21. The SMILES string of the molecule is CSc1cc2c(cc1NC(=O)c1nn(C(C)C)c(=O)c3ccccc13)OCCO2. The van der Waals surface area contributed by atoms with E-state index in [0.717, 1.165) is 4.90 Å². The summed E-state index contributed by atoms with van der Waals surface area (Å²) in [7, 11) is 0. The number of amides is 1. The number of fused-ring (bicyclic) bond motifs is 2.